The molecule has 1 amide bonds. The summed E-state index contributed by atoms with van der Waals surface area (Å²) in [6, 6.07) is 21.0. The largest absolute Gasteiger partial charge is 0.481 e. The van der Waals surface area contributed by atoms with Gasteiger partial charge in [0.05, 0.1) is 19.6 Å². The molecule has 0 unspecified atom stereocenters. The van der Waals surface area contributed by atoms with E-state index in [0.717, 1.165) is 0 Å². The van der Waals surface area contributed by atoms with Gasteiger partial charge < -0.3 is 19.6 Å². The molecule has 0 heterocycles. The minimum Gasteiger partial charge on any atom is -0.481 e. The molecule has 0 aromatic heterocycles. The molecule has 2 aromatic carbocycles. The third-order valence-corrected chi connectivity index (χ3v) is 10.4. The maximum absolute atomic E-state index is 11.5. The fraction of sp³-hybridized carbons (Fsp3) is 0.440. The number of carbonyl (C=O) groups excluding carboxylic acids is 1. The highest BCUT2D eigenvalue weighted by molar-refractivity contribution is 6.99. The van der Waals surface area contributed by atoms with Crippen molar-refractivity contribution in [2.75, 3.05) is 26.4 Å². The Morgan fingerprint density at radius 3 is 1.94 bits per heavy atom. The molecule has 0 saturated heterocycles. The molecule has 2 rings (SSSR count). The van der Waals surface area contributed by atoms with Crippen LogP contribution in [0.4, 0.5) is 0 Å². The van der Waals surface area contributed by atoms with Gasteiger partial charge in [0.25, 0.3) is 8.32 Å². The standard InChI is InChI=1S/C25H35NO5Si/c1-25(2,3)32(21-11-6-4-7-12-21,22-13-8-5-9-14-22)31-20-19-30-18-10-17-26-23(27)15-16-24(28)29/h4-9,11-14H,10,15-20H2,1-3H3,(H,26,27)(H,28,29). The second-order valence-corrected chi connectivity index (χ2v) is 13.0. The molecule has 0 aliphatic carbocycles. The van der Waals surface area contributed by atoms with Crippen LogP contribution < -0.4 is 15.7 Å². The second kappa shape index (κ2) is 12.5. The molecular formula is C25H35NO5Si. The van der Waals surface area contributed by atoms with Crippen LogP contribution in [0.2, 0.25) is 5.04 Å². The number of nitrogens with one attached hydrogen (secondary N) is 1. The van der Waals surface area contributed by atoms with Gasteiger partial charge in [-0.25, -0.2) is 0 Å². The summed E-state index contributed by atoms with van der Waals surface area (Å²) in [5.41, 5.74) is 0. The number of ether oxygens (including phenoxy) is 1. The van der Waals surface area contributed by atoms with Crippen molar-refractivity contribution in [3.8, 4) is 0 Å². The van der Waals surface area contributed by atoms with E-state index in [4.69, 9.17) is 14.3 Å². The number of carbonyl (C=O) groups is 2. The number of hydrogen-bond acceptors (Lipinski definition) is 4. The van der Waals surface area contributed by atoms with E-state index in [1.807, 2.05) is 12.1 Å². The van der Waals surface area contributed by atoms with Crippen LogP contribution in [-0.2, 0) is 18.8 Å². The molecular weight excluding hydrogens is 422 g/mol. The number of rotatable bonds is 13. The average molecular weight is 458 g/mol. The van der Waals surface area contributed by atoms with Gasteiger partial charge in [-0.2, -0.15) is 0 Å². The maximum Gasteiger partial charge on any atom is 0.303 e. The van der Waals surface area contributed by atoms with Gasteiger partial charge in [-0.05, 0) is 21.8 Å². The third-order valence-electron chi connectivity index (χ3n) is 5.32. The lowest BCUT2D eigenvalue weighted by Gasteiger charge is -2.43. The summed E-state index contributed by atoms with van der Waals surface area (Å²) >= 11 is 0. The third kappa shape index (κ3) is 7.29. The maximum atomic E-state index is 11.5. The number of carboxylic acid groups (broad SMARTS) is 1. The first kappa shape index (κ1) is 25.8. The van der Waals surface area contributed by atoms with Crippen LogP contribution in [0.1, 0.15) is 40.0 Å². The quantitative estimate of drug-likeness (QED) is 0.357. The smallest absolute Gasteiger partial charge is 0.303 e. The normalized spacial score (nSPS) is 11.8. The topological polar surface area (TPSA) is 84.9 Å². The molecule has 0 saturated carbocycles. The van der Waals surface area contributed by atoms with E-state index < -0.39 is 14.3 Å². The van der Waals surface area contributed by atoms with Crippen LogP contribution in [0, 0.1) is 0 Å². The van der Waals surface area contributed by atoms with E-state index in [2.05, 4.69) is 74.6 Å². The summed E-state index contributed by atoms with van der Waals surface area (Å²) in [7, 11) is -2.54. The van der Waals surface area contributed by atoms with E-state index in [1.54, 1.807) is 0 Å². The molecule has 32 heavy (non-hydrogen) atoms. The van der Waals surface area contributed by atoms with Crippen molar-refractivity contribution >= 4 is 30.6 Å². The average Bonchev–Trinajstić information content (AvgIpc) is 2.77. The Labute approximate surface area is 192 Å². The van der Waals surface area contributed by atoms with Crippen molar-refractivity contribution in [3.05, 3.63) is 60.7 Å². The Balaban J connectivity index is 1.91. The Kier molecular flexibility index (Phi) is 10.1. The number of carboxylic acids is 1. The molecule has 0 radical (unpaired) electrons. The molecule has 0 aliphatic rings. The van der Waals surface area contributed by atoms with Crippen molar-refractivity contribution in [2.24, 2.45) is 0 Å². The van der Waals surface area contributed by atoms with Gasteiger partial charge >= 0.3 is 5.97 Å². The van der Waals surface area contributed by atoms with Crippen molar-refractivity contribution in [3.63, 3.8) is 0 Å². The minimum atomic E-state index is -2.54. The first-order valence-electron chi connectivity index (χ1n) is 11.1. The van der Waals surface area contributed by atoms with E-state index >= 15 is 0 Å². The number of hydrogen-bond donors (Lipinski definition) is 2. The molecule has 0 atom stereocenters. The monoisotopic (exact) mass is 457 g/mol. The Morgan fingerprint density at radius 1 is 0.875 bits per heavy atom. The van der Waals surface area contributed by atoms with Crippen LogP contribution in [0.5, 0.6) is 0 Å². The Bertz CT molecular complexity index is 797. The molecule has 2 N–H and O–H groups in total. The molecule has 0 bridgehead atoms. The van der Waals surface area contributed by atoms with E-state index in [9.17, 15) is 9.59 Å². The van der Waals surface area contributed by atoms with E-state index in [0.29, 0.717) is 32.8 Å². The fourth-order valence-corrected chi connectivity index (χ4v) is 8.37. The number of amides is 1. The van der Waals surface area contributed by atoms with Gasteiger partial charge in [-0.3, -0.25) is 9.59 Å². The summed E-state index contributed by atoms with van der Waals surface area (Å²) in [4.78, 5) is 22.0. The van der Waals surface area contributed by atoms with E-state index in [1.165, 1.54) is 10.4 Å². The van der Waals surface area contributed by atoms with Crippen molar-refractivity contribution in [1.82, 2.24) is 5.32 Å². The Morgan fingerprint density at radius 2 is 1.44 bits per heavy atom. The summed E-state index contributed by atoms with van der Waals surface area (Å²) in [5.74, 6) is -1.22. The van der Waals surface area contributed by atoms with Crippen LogP contribution in [0.3, 0.4) is 0 Å². The van der Waals surface area contributed by atoms with Crippen molar-refractivity contribution in [2.45, 2.75) is 45.1 Å². The highest BCUT2D eigenvalue weighted by Crippen LogP contribution is 2.36. The SMILES string of the molecule is CC(C)(C)[Si](OCCOCCCNC(=O)CCC(=O)O)(c1ccccc1)c1ccccc1. The zero-order valence-corrected chi connectivity index (χ0v) is 20.3. The fourth-order valence-electron chi connectivity index (χ4n) is 3.83. The highest BCUT2D eigenvalue weighted by atomic mass is 28.4. The zero-order chi connectivity index (χ0) is 23.5. The highest BCUT2D eigenvalue weighted by Gasteiger charge is 2.49. The molecule has 7 heteroatoms. The predicted octanol–water partition coefficient (Wildman–Crippen LogP) is 2.95. The molecule has 0 aliphatic heterocycles. The molecule has 6 nitrogen and oxygen atoms in total. The van der Waals surface area contributed by atoms with Gasteiger partial charge in [-0.15, -0.1) is 0 Å². The van der Waals surface area contributed by atoms with Crippen molar-refractivity contribution < 1.29 is 23.9 Å². The van der Waals surface area contributed by atoms with Crippen LogP contribution in [0.25, 0.3) is 0 Å². The van der Waals surface area contributed by atoms with Crippen LogP contribution >= 0.6 is 0 Å². The molecule has 2 aromatic rings. The van der Waals surface area contributed by atoms with Gasteiger partial charge in [0.2, 0.25) is 5.91 Å². The first-order valence-corrected chi connectivity index (χ1v) is 13.0. The summed E-state index contributed by atoms with van der Waals surface area (Å²) < 4.78 is 12.5. The van der Waals surface area contributed by atoms with E-state index in [-0.39, 0.29) is 23.8 Å². The lowest BCUT2D eigenvalue weighted by atomic mass is 10.2. The first-order chi connectivity index (χ1) is 15.3. The van der Waals surface area contributed by atoms with Crippen LogP contribution in [0.15, 0.2) is 60.7 Å². The molecule has 174 valence electrons. The number of benzene rings is 2. The summed E-state index contributed by atoms with van der Waals surface area (Å²) in [5, 5.41) is 13.7. The van der Waals surface area contributed by atoms with Gasteiger partial charge in [-0.1, -0.05) is 81.4 Å². The lowest BCUT2D eigenvalue weighted by molar-refractivity contribution is -0.138. The summed E-state index contributed by atoms with van der Waals surface area (Å²) in [6.45, 7) is 8.65. The van der Waals surface area contributed by atoms with Gasteiger partial charge in [0.1, 0.15) is 0 Å². The second-order valence-electron chi connectivity index (χ2n) is 8.72. The van der Waals surface area contributed by atoms with Crippen molar-refractivity contribution in [1.29, 1.82) is 0 Å². The van der Waals surface area contributed by atoms with Crippen LogP contribution in [-0.4, -0.2) is 51.7 Å². The molecule has 0 fully saturated rings. The number of aliphatic carboxylic acids is 1. The Hall–Kier alpha value is -2.48. The minimum absolute atomic E-state index is 0.00250. The van der Waals surface area contributed by atoms with Gasteiger partial charge in [0, 0.05) is 19.6 Å². The molecule has 0 spiro atoms. The zero-order valence-electron chi connectivity index (χ0n) is 19.3. The summed E-state index contributed by atoms with van der Waals surface area (Å²) in [6.07, 6.45) is 0.516. The predicted molar refractivity (Wildman–Crippen MR) is 129 cm³/mol. The van der Waals surface area contributed by atoms with Gasteiger partial charge in [0.15, 0.2) is 0 Å². The lowest BCUT2D eigenvalue weighted by Crippen LogP contribution is -2.66.